The van der Waals surface area contributed by atoms with Gasteiger partial charge in [0.05, 0.1) is 7.11 Å². The summed E-state index contributed by atoms with van der Waals surface area (Å²) >= 11 is 0. The zero-order valence-corrected chi connectivity index (χ0v) is 12.3. The maximum Gasteiger partial charge on any atom is 0.260 e. The normalized spacial score (nSPS) is 13.8. The third kappa shape index (κ3) is 4.81. The summed E-state index contributed by atoms with van der Waals surface area (Å²) in [5.74, 6) is 1.62. The molecule has 19 heavy (non-hydrogen) atoms. The number of hydrogen-bond donors (Lipinski definition) is 1. The lowest BCUT2D eigenvalue weighted by Gasteiger charge is -2.21. The molecule has 0 aliphatic rings. The van der Waals surface area contributed by atoms with Crippen molar-refractivity contribution in [2.45, 2.75) is 39.8 Å². The second-order valence-electron chi connectivity index (χ2n) is 4.98. The van der Waals surface area contributed by atoms with E-state index < -0.39 is 6.10 Å². The van der Waals surface area contributed by atoms with Crippen LogP contribution in [0.25, 0.3) is 0 Å². The van der Waals surface area contributed by atoms with Crippen molar-refractivity contribution in [1.29, 1.82) is 0 Å². The molecular formula is C15H23NO3. The number of benzene rings is 1. The van der Waals surface area contributed by atoms with Crippen molar-refractivity contribution in [2.75, 3.05) is 7.11 Å². The zero-order chi connectivity index (χ0) is 14.4. The Morgan fingerprint density at radius 3 is 2.37 bits per heavy atom. The highest BCUT2D eigenvalue weighted by atomic mass is 16.5. The number of methoxy groups -OCH3 is 1. The van der Waals surface area contributed by atoms with Crippen molar-refractivity contribution in [1.82, 2.24) is 5.32 Å². The van der Waals surface area contributed by atoms with Gasteiger partial charge in [0.1, 0.15) is 11.5 Å². The van der Waals surface area contributed by atoms with E-state index >= 15 is 0 Å². The molecule has 0 spiro atoms. The molecule has 0 aliphatic carbocycles. The minimum atomic E-state index is -0.534. The highest BCUT2D eigenvalue weighted by molar-refractivity contribution is 5.81. The number of rotatable bonds is 6. The van der Waals surface area contributed by atoms with Crippen LogP contribution in [0.15, 0.2) is 24.3 Å². The van der Waals surface area contributed by atoms with Crippen LogP contribution in [-0.4, -0.2) is 25.2 Å². The monoisotopic (exact) mass is 265 g/mol. The van der Waals surface area contributed by atoms with Gasteiger partial charge in [0.2, 0.25) is 0 Å². The van der Waals surface area contributed by atoms with Crippen LogP contribution in [0.5, 0.6) is 11.5 Å². The van der Waals surface area contributed by atoms with E-state index in [1.165, 1.54) is 0 Å². The second-order valence-corrected chi connectivity index (χ2v) is 4.98. The maximum absolute atomic E-state index is 11.9. The van der Waals surface area contributed by atoms with Gasteiger partial charge < -0.3 is 14.8 Å². The first-order valence-electron chi connectivity index (χ1n) is 6.55. The van der Waals surface area contributed by atoms with E-state index in [4.69, 9.17) is 9.47 Å². The molecule has 1 amide bonds. The Labute approximate surface area is 115 Å². The molecule has 0 unspecified atom stereocenters. The van der Waals surface area contributed by atoms with Gasteiger partial charge in [-0.2, -0.15) is 0 Å². The molecule has 0 fully saturated rings. The van der Waals surface area contributed by atoms with Crippen molar-refractivity contribution >= 4 is 5.91 Å². The number of nitrogens with one attached hydrogen (secondary N) is 1. The number of carbonyl (C=O) groups excluding carboxylic acids is 1. The molecule has 0 aromatic heterocycles. The van der Waals surface area contributed by atoms with Crippen LogP contribution in [-0.2, 0) is 4.79 Å². The van der Waals surface area contributed by atoms with Gasteiger partial charge in [0, 0.05) is 12.1 Å². The van der Waals surface area contributed by atoms with Crippen LogP contribution in [0.4, 0.5) is 0 Å². The first-order chi connectivity index (χ1) is 8.93. The average Bonchev–Trinajstić information content (AvgIpc) is 2.38. The lowest BCUT2D eigenvalue weighted by Crippen LogP contribution is -2.43. The number of hydrogen-bond acceptors (Lipinski definition) is 3. The fraction of sp³-hybridized carbons (Fsp3) is 0.533. The Hall–Kier alpha value is -1.71. The average molecular weight is 265 g/mol. The molecule has 1 aromatic carbocycles. The molecule has 0 bridgehead atoms. The van der Waals surface area contributed by atoms with Gasteiger partial charge in [-0.1, -0.05) is 19.9 Å². The van der Waals surface area contributed by atoms with Crippen LogP contribution in [0.2, 0.25) is 0 Å². The molecule has 0 aliphatic heterocycles. The van der Waals surface area contributed by atoms with E-state index in [2.05, 4.69) is 19.2 Å². The fourth-order valence-corrected chi connectivity index (χ4v) is 1.44. The fourth-order valence-electron chi connectivity index (χ4n) is 1.44. The Bertz CT molecular complexity index is 418. The highest BCUT2D eigenvalue weighted by Crippen LogP contribution is 2.20. The smallest absolute Gasteiger partial charge is 0.260 e. The van der Waals surface area contributed by atoms with Gasteiger partial charge in [-0.05, 0) is 31.9 Å². The summed E-state index contributed by atoms with van der Waals surface area (Å²) in [7, 11) is 1.60. The van der Waals surface area contributed by atoms with E-state index in [0.717, 1.165) is 0 Å². The quantitative estimate of drug-likeness (QED) is 0.860. The van der Waals surface area contributed by atoms with Crippen molar-refractivity contribution in [3.05, 3.63) is 24.3 Å². The number of carbonyl (C=O) groups is 1. The van der Waals surface area contributed by atoms with Crippen molar-refractivity contribution in [3.63, 3.8) is 0 Å². The Balaban J connectivity index is 2.58. The van der Waals surface area contributed by atoms with Gasteiger partial charge >= 0.3 is 0 Å². The summed E-state index contributed by atoms with van der Waals surface area (Å²) in [6.07, 6.45) is -0.534. The SMILES string of the molecule is COc1cccc(O[C@H](C)C(=O)N[C@H](C)C(C)C)c1. The lowest BCUT2D eigenvalue weighted by molar-refractivity contribution is -0.128. The number of amides is 1. The summed E-state index contributed by atoms with van der Waals surface area (Å²) in [6.45, 7) is 7.86. The first kappa shape index (κ1) is 15.3. The van der Waals surface area contributed by atoms with Gasteiger partial charge in [-0.3, -0.25) is 4.79 Å². The molecule has 4 heteroatoms. The molecule has 2 atom stereocenters. The largest absolute Gasteiger partial charge is 0.497 e. The molecule has 0 saturated heterocycles. The maximum atomic E-state index is 11.9. The summed E-state index contributed by atoms with van der Waals surface area (Å²) in [4.78, 5) is 11.9. The second kappa shape index (κ2) is 7.02. The standard InChI is InChI=1S/C15H23NO3/c1-10(2)11(3)16-15(17)12(4)19-14-8-6-7-13(9-14)18-5/h6-12H,1-5H3,(H,16,17)/t11-,12-/m1/s1. The molecule has 0 saturated carbocycles. The van der Waals surface area contributed by atoms with E-state index in [-0.39, 0.29) is 11.9 Å². The van der Waals surface area contributed by atoms with Gasteiger partial charge in [0.15, 0.2) is 6.10 Å². The summed E-state index contributed by atoms with van der Waals surface area (Å²) in [5.41, 5.74) is 0. The van der Waals surface area contributed by atoms with Gasteiger partial charge in [-0.15, -0.1) is 0 Å². The van der Waals surface area contributed by atoms with E-state index in [1.54, 1.807) is 26.2 Å². The van der Waals surface area contributed by atoms with Crippen LogP contribution in [0.1, 0.15) is 27.7 Å². The molecule has 106 valence electrons. The minimum absolute atomic E-state index is 0.107. The molecule has 1 rings (SSSR count). The highest BCUT2D eigenvalue weighted by Gasteiger charge is 2.18. The third-order valence-electron chi connectivity index (χ3n) is 3.09. The predicted octanol–water partition coefficient (Wildman–Crippen LogP) is 2.62. The zero-order valence-electron chi connectivity index (χ0n) is 12.3. The topological polar surface area (TPSA) is 47.6 Å². The molecule has 0 radical (unpaired) electrons. The summed E-state index contributed by atoms with van der Waals surface area (Å²) in [6, 6.07) is 7.35. The molecular weight excluding hydrogens is 242 g/mol. The third-order valence-corrected chi connectivity index (χ3v) is 3.09. The summed E-state index contributed by atoms with van der Waals surface area (Å²) < 4.78 is 10.7. The van der Waals surface area contributed by atoms with Crippen LogP contribution >= 0.6 is 0 Å². The van der Waals surface area contributed by atoms with E-state index in [0.29, 0.717) is 17.4 Å². The predicted molar refractivity (Wildman–Crippen MR) is 75.5 cm³/mol. The van der Waals surface area contributed by atoms with E-state index in [1.807, 2.05) is 19.1 Å². The van der Waals surface area contributed by atoms with Gasteiger partial charge in [0.25, 0.3) is 5.91 Å². The van der Waals surface area contributed by atoms with Crippen molar-refractivity contribution in [3.8, 4) is 11.5 Å². The summed E-state index contributed by atoms with van der Waals surface area (Å²) in [5, 5.41) is 2.93. The Morgan fingerprint density at radius 2 is 1.79 bits per heavy atom. The Kier molecular flexibility index (Phi) is 5.67. The lowest BCUT2D eigenvalue weighted by atomic mass is 10.1. The van der Waals surface area contributed by atoms with E-state index in [9.17, 15) is 4.79 Å². The van der Waals surface area contributed by atoms with Crippen LogP contribution < -0.4 is 14.8 Å². The van der Waals surface area contributed by atoms with Crippen molar-refractivity contribution < 1.29 is 14.3 Å². The minimum Gasteiger partial charge on any atom is -0.497 e. The molecule has 4 nitrogen and oxygen atoms in total. The van der Waals surface area contributed by atoms with Crippen LogP contribution in [0, 0.1) is 5.92 Å². The molecule has 0 heterocycles. The van der Waals surface area contributed by atoms with Gasteiger partial charge in [-0.25, -0.2) is 0 Å². The molecule has 1 N–H and O–H groups in total. The Morgan fingerprint density at radius 1 is 1.16 bits per heavy atom. The van der Waals surface area contributed by atoms with Crippen molar-refractivity contribution in [2.24, 2.45) is 5.92 Å². The van der Waals surface area contributed by atoms with Crippen LogP contribution in [0.3, 0.4) is 0 Å². The molecule has 1 aromatic rings. The first-order valence-corrected chi connectivity index (χ1v) is 6.55. The number of ether oxygens (including phenoxy) is 2.